The highest BCUT2D eigenvalue weighted by Gasteiger charge is 2.17. The second kappa shape index (κ2) is 11.0. The first-order valence-electron chi connectivity index (χ1n) is 12.0. The van der Waals surface area contributed by atoms with Gasteiger partial charge in [0.25, 0.3) is 0 Å². The third kappa shape index (κ3) is 6.02. The van der Waals surface area contributed by atoms with Crippen molar-refractivity contribution >= 4 is 29.4 Å². The number of nitrogens with one attached hydrogen (secondary N) is 2. The lowest BCUT2D eigenvalue weighted by Crippen LogP contribution is -2.37. The maximum absolute atomic E-state index is 14.2. The third-order valence-electron chi connectivity index (χ3n) is 6.03. The Morgan fingerprint density at radius 3 is 2.54 bits per heavy atom. The molecule has 0 aliphatic carbocycles. The Labute approximate surface area is 214 Å². The van der Waals surface area contributed by atoms with Crippen LogP contribution in [-0.4, -0.2) is 47.6 Å². The molecule has 0 spiro atoms. The minimum Gasteiger partial charge on any atom is -0.508 e. The fourth-order valence-electron chi connectivity index (χ4n) is 4.06. The van der Waals surface area contributed by atoms with Crippen LogP contribution in [0.25, 0.3) is 11.1 Å². The SMILES string of the molecule is Cc1cc(Nc2ccc(-c3cccc(O)c3)cc2)ccc1/C=N/Nc1ncc(F)c(N2CCOCC2)n1. The summed E-state index contributed by atoms with van der Waals surface area (Å²) in [5.74, 6) is 0.253. The Hall–Kier alpha value is -4.50. The van der Waals surface area contributed by atoms with Gasteiger partial charge in [-0.1, -0.05) is 30.3 Å². The van der Waals surface area contributed by atoms with Crippen LogP contribution in [-0.2, 0) is 4.74 Å². The molecule has 3 aromatic carbocycles. The number of aromatic hydroxyl groups is 1. The fraction of sp³-hybridized carbons (Fsp3) is 0.179. The number of hydrazone groups is 1. The molecule has 0 saturated carbocycles. The molecule has 0 bridgehead atoms. The molecule has 37 heavy (non-hydrogen) atoms. The zero-order valence-electron chi connectivity index (χ0n) is 20.4. The van der Waals surface area contributed by atoms with Crippen molar-refractivity contribution in [2.24, 2.45) is 5.10 Å². The first kappa shape index (κ1) is 24.2. The van der Waals surface area contributed by atoms with Crippen LogP contribution in [0, 0.1) is 12.7 Å². The van der Waals surface area contributed by atoms with Crippen molar-refractivity contribution in [3.05, 3.63) is 89.9 Å². The van der Waals surface area contributed by atoms with E-state index in [2.05, 4.69) is 25.8 Å². The second-order valence-electron chi connectivity index (χ2n) is 8.66. The normalized spacial score (nSPS) is 13.6. The van der Waals surface area contributed by atoms with E-state index in [-0.39, 0.29) is 17.5 Å². The van der Waals surface area contributed by atoms with Gasteiger partial charge in [-0.3, -0.25) is 0 Å². The van der Waals surface area contributed by atoms with E-state index < -0.39 is 5.82 Å². The van der Waals surface area contributed by atoms with Crippen molar-refractivity contribution in [1.29, 1.82) is 0 Å². The summed E-state index contributed by atoms with van der Waals surface area (Å²) in [5.41, 5.74) is 8.64. The van der Waals surface area contributed by atoms with Crippen LogP contribution in [0.3, 0.4) is 0 Å². The number of phenolic OH excluding ortho intramolecular Hbond substituents is 1. The number of halogens is 1. The van der Waals surface area contributed by atoms with Crippen LogP contribution >= 0.6 is 0 Å². The van der Waals surface area contributed by atoms with Crippen LogP contribution in [0.1, 0.15) is 11.1 Å². The lowest BCUT2D eigenvalue weighted by molar-refractivity contribution is 0.122. The van der Waals surface area contributed by atoms with Gasteiger partial charge in [0.15, 0.2) is 11.6 Å². The summed E-state index contributed by atoms with van der Waals surface area (Å²) < 4.78 is 19.5. The number of hydrogen-bond acceptors (Lipinski definition) is 8. The minimum absolute atomic E-state index is 0.226. The molecule has 3 N–H and O–H groups in total. The highest BCUT2D eigenvalue weighted by Crippen LogP contribution is 2.26. The van der Waals surface area contributed by atoms with E-state index in [4.69, 9.17) is 4.74 Å². The van der Waals surface area contributed by atoms with Gasteiger partial charge in [0.2, 0.25) is 5.95 Å². The first-order valence-corrected chi connectivity index (χ1v) is 12.0. The van der Waals surface area contributed by atoms with Gasteiger partial charge in [-0.05, 0) is 65.6 Å². The van der Waals surface area contributed by atoms with Crippen LogP contribution in [0.15, 0.2) is 78.0 Å². The predicted octanol–water partition coefficient (Wildman–Crippen LogP) is 5.32. The summed E-state index contributed by atoms with van der Waals surface area (Å²) >= 11 is 0. The zero-order valence-corrected chi connectivity index (χ0v) is 20.4. The number of nitrogens with zero attached hydrogens (tertiary/aromatic N) is 4. The van der Waals surface area contributed by atoms with Crippen molar-refractivity contribution in [2.45, 2.75) is 6.92 Å². The van der Waals surface area contributed by atoms with Gasteiger partial charge in [-0.15, -0.1) is 0 Å². The highest BCUT2D eigenvalue weighted by molar-refractivity contribution is 5.83. The average Bonchev–Trinajstić information content (AvgIpc) is 2.92. The van der Waals surface area contributed by atoms with Crippen LogP contribution in [0.5, 0.6) is 5.75 Å². The standard InChI is InChI=1S/C28H27FN6O2/c1-19-15-24(32-23-8-5-20(6-9-23)21-3-2-4-25(36)16-21)10-7-22(19)17-31-34-28-30-18-26(29)27(33-28)35-11-13-37-14-12-35/h2-10,15-18,32,36H,11-14H2,1H3,(H,30,33,34)/b31-17+. The molecule has 0 atom stereocenters. The molecule has 5 rings (SSSR count). The highest BCUT2D eigenvalue weighted by atomic mass is 19.1. The number of hydrogen-bond donors (Lipinski definition) is 3. The Balaban J connectivity index is 1.22. The molecule has 1 fully saturated rings. The summed E-state index contributed by atoms with van der Waals surface area (Å²) in [6.45, 7) is 4.25. The number of aromatic nitrogens is 2. The van der Waals surface area contributed by atoms with Gasteiger partial charge in [-0.2, -0.15) is 10.1 Å². The molecule has 0 unspecified atom stereocenters. The average molecular weight is 499 g/mol. The van der Waals surface area contributed by atoms with Crippen molar-refractivity contribution in [3.8, 4) is 16.9 Å². The van der Waals surface area contributed by atoms with E-state index in [0.29, 0.717) is 26.3 Å². The minimum atomic E-state index is -0.468. The summed E-state index contributed by atoms with van der Waals surface area (Å²) in [4.78, 5) is 10.1. The van der Waals surface area contributed by atoms with Gasteiger partial charge >= 0.3 is 0 Å². The lowest BCUT2D eigenvalue weighted by atomic mass is 10.0. The van der Waals surface area contributed by atoms with E-state index in [1.54, 1.807) is 18.3 Å². The molecule has 1 aliphatic heterocycles. The van der Waals surface area contributed by atoms with Gasteiger partial charge in [0.1, 0.15) is 5.75 Å². The van der Waals surface area contributed by atoms with E-state index in [1.807, 2.05) is 66.4 Å². The quantitative estimate of drug-likeness (QED) is 0.234. The second-order valence-corrected chi connectivity index (χ2v) is 8.66. The van der Waals surface area contributed by atoms with E-state index in [1.165, 1.54) is 0 Å². The van der Waals surface area contributed by atoms with Crippen LogP contribution in [0.4, 0.5) is 27.5 Å². The van der Waals surface area contributed by atoms with Crippen molar-refractivity contribution < 1.29 is 14.2 Å². The van der Waals surface area contributed by atoms with Crippen molar-refractivity contribution in [3.63, 3.8) is 0 Å². The molecule has 4 aromatic rings. The monoisotopic (exact) mass is 498 g/mol. The molecular weight excluding hydrogens is 471 g/mol. The maximum Gasteiger partial charge on any atom is 0.245 e. The molecule has 1 saturated heterocycles. The number of morpholine rings is 1. The van der Waals surface area contributed by atoms with Gasteiger partial charge in [0.05, 0.1) is 25.6 Å². The molecular formula is C28H27FN6O2. The van der Waals surface area contributed by atoms with Crippen LogP contribution < -0.4 is 15.6 Å². The summed E-state index contributed by atoms with van der Waals surface area (Å²) in [7, 11) is 0. The number of aryl methyl sites for hydroxylation is 1. The first-order chi connectivity index (χ1) is 18.0. The zero-order chi connectivity index (χ0) is 25.6. The number of phenols is 1. The molecule has 9 heteroatoms. The molecule has 2 heterocycles. The maximum atomic E-state index is 14.2. The number of benzene rings is 3. The van der Waals surface area contributed by atoms with Crippen LogP contribution in [0.2, 0.25) is 0 Å². The Kier molecular flexibility index (Phi) is 7.23. The number of anilines is 4. The molecule has 1 aliphatic rings. The summed E-state index contributed by atoms with van der Waals surface area (Å²) in [6.07, 6.45) is 2.84. The number of ether oxygens (including phenoxy) is 1. The number of rotatable bonds is 7. The Morgan fingerprint density at radius 1 is 1.00 bits per heavy atom. The smallest absolute Gasteiger partial charge is 0.245 e. The Bertz CT molecular complexity index is 1400. The summed E-state index contributed by atoms with van der Waals surface area (Å²) in [5, 5.41) is 17.4. The summed E-state index contributed by atoms with van der Waals surface area (Å²) in [6, 6.07) is 21.2. The van der Waals surface area contributed by atoms with Gasteiger partial charge < -0.3 is 20.1 Å². The largest absolute Gasteiger partial charge is 0.508 e. The fourth-order valence-corrected chi connectivity index (χ4v) is 4.06. The van der Waals surface area contributed by atoms with Gasteiger partial charge in [-0.25, -0.2) is 14.8 Å². The van der Waals surface area contributed by atoms with E-state index >= 15 is 0 Å². The molecule has 1 aromatic heterocycles. The lowest BCUT2D eigenvalue weighted by Gasteiger charge is -2.27. The molecule has 8 nitrogen and oxygen atoms in total. The van der Waals surface area contributed by atoms with Gasteiger partial charge in [0, 0.05) is 24.5 Å². The Morgan fingerprint density at radius 2 is 1.78 bits per heavy atom. The molecule has 0 amide bonds. The van der Waals surface area contributed by atoms with Crippen molar-refractivity contribution in [1.82, 2.24) is 9.97 Å². The third-order valence-corrected chi connectivity index (χ3v) is 6.03. The topological polar surface area (TPSA) is 94.9 Å². The predicted molar refractivity (Wildman–Crippen MR) is 144 cm³/mol. The van der Waals surface area contributed by atoms with E-state index in [9.17, 15) is 9.50 Å². The molecule has 188 valence electrons. The van der Waals surface area contributed by atoms with E-state index in [0.717, 1.165) is 39.8 Å². The van der Waals surface area contributed by atoms with Crippen molar-refractivity contribution in [2.75, 3.05) is 41.9 Å². The molecule has 0 radical (unpaired) electrons.